The summed E-state index contributed by atoms with van der Waals surface area (Å²) in [5.74, 6) is 0. The van der Waals surface area contributed by atoms with Crippen LogP contribution in [-0.2, 0) is 0 Å². The summed E-state index contributed by atoms with van der Waals surface area (Å²) in [6, 6.07) is 0. The van der Waals surface area contributed by atoms with Crippen molar-refractivity contribution in [3.05, 3.63) is 5.21 Å². The van der Waals surface area contributed by atoms with E-state index in [0.29, 0.717) is 6.54 Å². The first-order chi connectivity index (χ1) is 10.8. The highest BCUT2D eigenvalue weighted by molar-refractivity contribution is 5.50. The van der Waals surface area contributed by atoms with Gasteiger partial charge in [0, 0.05) is 12.8 Å². The molecule has 0 aromatic rings. The van der Waals surface area contributed by atoms with E-state index in [4.69, 9.17) is 0 Å². The van der Waals surface area contributed by atoms with Gasteiger partial charge in [0.25, 0.3) is 0 Å². The molecule has 0 spiro atoms. The predicted octanol–water partition coefficient (Wildman–Crippen LogP) is 6.85. The quantitative estimate of drug-likeness (QED) is 0.0948. The molecule has 132 valence electrons. The monoisotopic (exact) mass is 311 g/mol. The fraction of sp³-hybridized carbons (Fsp3) is 0.950. The first-order valence-electron chi connectivity index (χ1n) is 10.1. The van der Waals surface area contributed by atoms with Gasteiger partial charge in [-0.1, -0.05) is 90.9 Å². The van der Waals surface area contributed by atoms with Crippen molar-refractivity contribution in [1.82, 2.24) is 0 Å². The van der Waals surface area contributed by atoms with Crippen LogP contribution in [0, 0.1) is 5.21 Å². The Labute approximate surface area is 140 Å². The summed E-state index contributed by atoms with van der Waals surface area (Å²) in [6.07, 6.45) is 22.5. The molecule has 0 atom stereocenters. The summed E-state index contributed by atoms with van der Waals surface area (Å²) >= 11 is 0. The lowest BCUT2D eigenvalue weighted by Gasteiger charge is -2.04. The van der Waals surface area contributed by atoms with E-state index in [1.54, 1.807) is 0 Å². The van der Waals surface area contributed by atoms with Crippen LogP contribution in [0.2, 0.25) is 0 Å². The summed E-state index contributed by atoms with van der Waals surface area (Å²) in [4.78, 5) is 0. The molecule has 0 aliphatic heterocycles. The van der Waals surface area contributed by atoms with Crippen LogP contribution in [0.15, 0.2) is 0 Å². The van der Waals surface area contributed by atoms with Gasteiger partial charge in [0.05, 0.1) is 0 Å². The van der Waals surface area contributed by atoms with Crippen molar-refractivity contribution in [2.45, 2.75) is 117 Å². The number of hydrogen-bond acceptors (Lipinski definition) is 1. The maximum Gasteiger partial charge on any atom is 0.153 e. The van der Waals surface area contributed by atoms with E-state index in [9.17, 15) is 5.21 Å². The Kier molecular flexibility index (Phi) is 18.1. The zero-order chi connectivity index (χ0) is 16.3. The standard InChI is InChI=1S/C20H41NO/c1-3-5-7-9-11-13-15-17-19-21(22)20-18-16-14-12-10-8-6-4-2/h19H,3-18,20H2,1-2H3. The van der Waals surface area contributed by atoms with E-state index >= 15 is 0 Å². The lowest BCUT2D eigenvalue weighted by Crippen LogP contribution is -2.06. The minimum absolute atomic E-state index is 0.700. The molecule has 0 N–H and O–H groups in total. The molecular weight excluding hydrogens is 270 g/mol. The fourth-order valence-corrected chi connectivity index (χ4v) is 2.83. The van der Waals surface area contributed by atoms with E-state index in [-0.39, 0.29) is 0 Å². The van der Waals surface area contributed by atoms with Crippen molar-refractivity contribution in [3.8, 4) is 0 Å². The third-order valence-corrected chi connectivity index (χ3v) is 4.37. The number of hydroxylamine groups is 1. The minimum atomic E-state index is 0.700. The third-order valence-electron chi connectivity index (χ3n) is 4.37. The molecule has 0 saturated carbocycles. The van der Waals surface area contributed by atoms with Gasteiger partial charge in [-0.15, -0.1) is 0 Å². The molecule has 0 heterocycles. The van der Waals surface area contributed by atoms with Crippen molar-refractivity contribution in [1.29, 1.82) is 0 Å². The molecular formula is C20H41NO. The van der Waals surface area contributed by atoms with Crippen LogP contribution in [-0.4, -0.2) is 17.5 Å². The topological polar surface area (TPSA) is 26.1 Å². The molecule has 0 amide bonds. The van der Waals surface area contributed by atoms with Crippen LogP contribution in [0.25, 0.3) is 0 Å². The maximum absolute atomic E-state index is 11.7. The number of rotatable bonds is 17. The molecule has 0 saturated heterocycles. The Morgan fingerprint density at radius 1 is 0.591 bits per heavy atom. The normalized spacial score (nSPS) is 12.0. The summed E-state index contributed by atoms with van der Waals surface area (Å²) < 4.78 is 1.17. The van der Waals surface area contributed by atoms with Gasteiger partial charge in [-0.05, 0) is 12.8 Å². The lowest BCUT2D eigenvalue weighted by molar-refractivity contribution is -0.454. The molecule has 0 aromatic heterocycles. The van der Waals surface area contributed by atoms with Crippen molar-refractivity contribution >= 4 is 6.21 Å². The van der Waals surface area contributed by atoms with Crippen molar-refractivity contribution in [2.24, 2.45) is 0 Å². The SMILES string of the molecule is CCCCCCCCCC=[N+]([O-])CCCCCCCCCC. The second-order valence-electron chi connectivity index (χ2n) is 6.71. The van der Waals surface area contributed by atoms with E-state index in [0.717, 1.165) is 12.8 Å². The van der Waals surface area contributed by atoms with Gasteiger partial charge in [0.15, 0.2) is 12.8 Å². The van der Waals surface area contributed by atoms with Gasteiger partial charge >= 0.3 is 0 Å². The second kappa shape index (κ2) is 18.5. The number of hydrogen-bond donors (Lipinski definition) is 0. The Hall–Kier alpha value is -0.530. The van der Waals surface area contributed by atoms with E-state index in [1.807, 2.05) is 6.21 Å². The largest absolute Gasteiger partial charge is 0.624 e. The van der Waals surface area contributed by atoms with Gasteiger partial charge in [0.2, 0.25) is 0 Å². The maximum atomic E-state index is 11.7. The highest BCUT2D eigenvalue weighted by Gasteiger charge is 1.96. The molecule has 0 fully saturated rings. The van der Waals surface area contributed by atoms with Crippen molar-refractivity contribution in [3.63, 3.8) is 0 Å². The predicted molar refractivity (Wildman–Crippen MR) is 99.8 cm³/mol. The first-order valence-corrected chi connectivity index (χ1v) is 10.1. The van der Waals surface area contributed by atoms with Crippen molar-refractivity contribution in [2.75, 3.05) is 6.54 Å². The Morgan fingerprint density at radius 2 is 1.00 bits per heavy atom. The van der Waals surface area contributed by atoms with Crippen LogP contribution in [0.3, 0.4) is 0 Å². The summed E-state index contributed by atoms with van der Waals surface area (Å²) in [5, 5.41) is 11.7. The Balaban J connectivity index is 3.24. The van der Waals surface area contributed by atoms with Crippen LogP contribution >= 0.6 is 0 Å². The fourth-order valence-electron chi connectivity index (χ4n) is 2.83. The molecule has 0 aromatic carbocycles. The second-order valence-corrected chi connectivity index (χ2v) is 6.71. The summed E-state index contributed by atoms with van der Waals surface area (Å²) in [5.41, 5.74) is 0. The van der Waals surface area contributed by atoms with Gasteiger partial charge < -0.3 is 5.21 Å². The zero-order valence-electron chi connectivity index (χ0n) is 15.5. The summed E-state index contributed by atoms with van der Waals surface area (Å²) in [7, 11) is 0. The molecule has 0 aliphatic rings. The number of unbranched alkanes of at least 4 members (excludes halogenated alkanes) is 14. The van der Waals surface area contributed by atoms with Crippen LogP contribution in [0.5, 0.6) is 0 Å². The average Bonchev–Trinajstić information content (AvgIpc) is 2.52. The molecule has 0 rings (SSSR count). The van der Waals surface area contributed by atoms with Crippen LogP contribution in [0.4, 0.5) is 0 Å². The molecule has 0 unspecified atom stereocenters. The smallest absolute Gasteiger partial charge is 0.153 e. The van der Waals surface area contributed by atoms with E-state index < -0.39 is 0 Å². The zero-order valence-corrected chi connectivity index (χ0v) is 15.5. The van der Waals surface area contributed by atoms with Crippen LogP contribution in [0.1, 0.15) is 117 Å². The number of nitrogens with zero attached hydrogens (tertiary/aromatic N) is 1. The van der Waals surface area contributed by atoms with E-state index in [2.05, 4.69) is 13.8 Å². The molecule has 0 aliphatic carbocycles. The molecule has 0 radical (unpaired) electrons. The lowest BCUT2D eigenvalue weighted by atomic mass is 10.1. The van der Waals surface area contributed by atoms with Gasteiger partial charge in [-0.3, -0.25) is 0 Å². The minimum Gasteiger partial charge on any atom is -0.624 e. The third kappa shape index (κ3) is 17.5. The van der Waals surface area contributed by atoms with Crippen molar-refractivity contribution < 1.29 is 4.74 Å². The van der Waals surface area contributed by atoms with E-state index in [1.165, 1.54) is 94.6 Å². The molecule has 0 bridgehead atoms. The Bertz CT molecular complexity index is 238. The molecule has 22 heavy (non-hydrogen) atoms. The van der Waals surface area contributed by atoms with Gasteiger partial charge in [0.1, 0.15) is 0 Å². The Morgan fingerprint density at radius 3 is 1.50 bits per heavy atom. The highest BCUT2D eigenvalue weighted by atomic mass is 16.5. The summed E-state index contributed by atoms with van der Waals surface area (Å²) in [6.45, 7) is 5.21. The first kappa shape index (κ1) is 21.5. The molecule has 2 nitrogen and oxygen atoms in total. The van der Waals surface area contributed by atoms with Gasteiger partial charge in [-0.2, -0.15) is 0 Å². The van der Waals surface area contributed by atoms with Gasteiger partial charge in [-0.25, -0.2) is 4.74 Å². The molecule has 2 heteroatoms. The van der Waals surface area contributed by atoms with Crippen LogP contribution < -0.4 is 0 Å². The average molecular weight is 312 g/mol. The highest BCUT2D eigenvalue weighted by Crippen LogP contribution is 2.09.